The van der Waals surface area contributed by atoms with Gasteiger partial charge in [-0.3, -0.25) is 9.59 Å². The number of aliphatic hydroxyl groups is 12. The van der Waals surface area contributed by atoms with Gasteiger partial charge in [0.15, 0.2) is 18.9 Å². The Hall–Kier alpha value is -2.08. The normalized spacial score (nSPS) is 53.1. The molecule has 9 aliphatic rings. The van der Waals surface area contributed by atoms with E-state index in [-0.39, 0.29) is 52.6 Å². The molecule has 0 spiro atoms. The number of ether oxygens (including phenoxy) is 9. The van der Waals surface area contributed by atoms with Crippen LogP contribution in [0.4, 0.5) is 0 Å². The molecule has 4 saturated carbocycles. The highest BCUT2D eigenvalue weighted by atomic mass is 16.8. The molecular weight excluding hydrogens is 1030 g/mol. The number of rotatable bonds is 12. The van der Waals surface area contributed by atoms with Crippen molar-refractivity contribution in [3.8, 4) is 0 Å². The van der Waals surface area contributed by atoms with Crippen LogP contribution < -0.4 is 0 Å². The second kappa shape index (κ2) is 22.2. The largest absolute Gasteiger partial charge is 0.463 e. The minimum atomic E-state index is -1.91. The molecular formula is C55H88O23. The fourth-order valence-electron chi connectivity index (χ4n) is 16.3. The monoisotopic (exact) mass is 1120 g/mol. The van der Waals surface area contributed by atoms with Gasteiger partial charge in [-0.2, -0.15) is 0 Å². The third-order valence-corrected chi connectivity index (χ3v) is 21.4. The number of hydrogen-bond donors (Lipinski definition) is 12. The molecule has 23 heteroatoms. The lowest BCUT2D eigenvalue weighted by Gasteiger charge is -2.71. The first-order valence-corrected chi connectivity index (χ1v) is 28.1. The Kier molecular flexibility index (Phi) is 17.2. The van der Waals surface area contributed by atoms with E-state index in [1.165, 1.54) is 12.5 Å². The minimum Gasteiger partial charge on any atom is -0.463 e. The van der Waals surface area contributed by atoms with Gasteiger partial charge in [-0.05, 0) is 111 Å². The minimum absolute atomic E-state index is 0.0243. The Morgan fingerprint density at radius 3 is 1.97 bits per heavy atom. The van der Waals surface area contributed by atoms with Gasteiger partial charge in [0.2, 0.25) is 6.29 Å². The molecule has 0 aromatic rings. The van der Waals surface area contributed by atoms with Crippen molar-refractivity contribution < 1.29 is 113 Å². The molecule has 0 radical (unpaired) electrons. The van der Waals surface area contributed by atoms with E-state index in [2.05, 4.69) is 40.7 Å². The van der Waals surface area contributed by atoms with Crippen molar-refractivity contribution in [3.05, 3.63) is 11.6 Å². The highest BCUT2D eigenvalue weighted by Gasteiger charge is 2.71. The van der Waals surface area contributed by atoms with Crippen molar-refractivity contribution in [2.75, 3.05) is 26.4 Å². The molecule has 4 heterocycles. The molecule has 12 N–H and O–H groups in total. The highest BCUT2D eigenvalue weighted by molar-refractivity contribution is 5.79. The number of carbonyl (C=O) groups is 2. The summed E-state index contributed by atoms with van der Waals surface area (Å²) < 4.78 is 52.6. The summed E-state index contributed by atoms with van der Waals surface area (Å²) in [6.45, 7) is 14.5. The van der Waals surface area contributed by atoms with E-state index >= 15 is 4.79 Å². The summed E-state index contributed by atoms with van der Waals surface area (Å²) in [4.78, 5) is 27.1. The third-order valence-electron chi connectivity index (χ3n) is 21.4. The first kappa shape index (κ1) is 60.5. The molecule has 4 aliphatic heterocycles. The van der Waals surface area contributed by atoms with Crippen molar-refractivity contribution in [2.45, 2.75) is 242 Å². The molecule has 0 unspecified atom stereocenters. The van der Waals surface area contributed by atoms with Gasteiger partial charge in [0, 0.05) is 12.3 Å². The molecule has 78 heavy (non-hydrogen) atoms. The second-order valence-electron chi connectivity index (χ2n) is 26.3. The molecule has 5 aliphatic carbocycles. The summed E-state index contributed by atoms with van der Waals surface area (Å²) in [7, 11) is 0. The predicted molar refractivity (Wildman–Crippen MR) is 266 cm³/mol. The van der Waals surface area contributed by atoms with Gasteiger partial charge in [0.25, 0.3) is 0 Å². The van der Waals surface area contributed by atoms with Crippen LogP contribution in [0.2, 0.25) is 0 Å². The summed E-state index contributed by atoms with van der Waals surface area (Å²) in [5.41, 5.74) is -1.54. The zero-order chi connectivity index (χ0) is 57.0. The zero-order valence-electron chi connectivity index (χ0n) is 46.1. The molecule has 4 saturated heterocycles. The van der Waals surface area contributed by atoms with Crippen LogP contribution in [0.25, 0.3) is 0 Å². The highest BCUT2D eigenvalue weighted by Crippen LogP contribution is 2.76. The Balaban J connectivity index is 0.905. The lowest BCUT2D eigenvalue weighted by atomic mass is 9.33. The first-order valence-electron chi connectivity index (χ1n) is 28.1. The van der Waals surface area contributed by atoms with E-state index in [4.69, 9.17) is 42.6 Å². The summed E-state index contributed by atoms with van der Waals surface area (Å²) in [6, 6.07) is 0. The number of esters is 2. The van der Waals surface area contributed by atoms with Crippen molar-refractivity contribution in [1.29, 1.82) is 0 Å². The average molecular weight is 1120 g/mol. The Bertz CT molecular complexity index is 2180. The Labute approximate surface area is 455 Å². The van der Waals surface area contributed by atoms with Crippen molar-refractivity contribution in [2.24, 2.45) is 50.2 Å². The molecule has 0 aromatic carbocycles. The standard InChI is InChI=1S/C55H88O23/c1-24-34(59)37(62)41(66)47(73-24)77-44-30(22-70-25(2)57)75-45(43(68)39(44)64)72-21-29-36(61)38(63)42(67)48(74-29)78-49(69)55-17-15-50(3,4)19-27(55)26-9-10-32-51(5)13-12-33(76-46-40(65)35(60)28(58)20-71-46)52(6,23-56)31(51)11-14-54(32,8)53(26,7)16-18-55/h9,24,27-48,56,58-68H,10-23H2,1-8H3/t24-,27-,28-,29+,30+,31+,32+,33-,34-,35-,36+,37+,38-,39+,40+,41+,42+,43+,44+,45+,46-,47-,48-,51-,52-,53+,54+,55-/m0/s1. The number of hydrogen-bond acceptors (Lipinski definition) is 23. The maximum Gasteiger partial charge on any atom is 0.315 e. The number of fused-ring (bicyclic) bond motifs is 7. The van der Waals surface area contributed by atoms with Gasteiger partial charge < -0.3 is 104 Å². The second-order valence-corrected chi connectivity index (χ2v) is 26.3. The van der Waals surface area contributed by atoms with Crippen LogP contribution in [0.3, 0.4) is 0 Å². The molecule has 28 atom stereocenters. The van der Waals surface area contributed by atoms with Crippen molar-refractivity contribution in [1.82, 2.24) is 0 Å². The summed E-state index contributed by atoms with van der Waals surface area (Å²) in [5.74, 6) is -1.39. The van der Waals surface area contributed by atoms with Crippen LogP contribution >= 0.6 is 0 Å². The molecule has 0 aromatic heterocycles. The first-order chi connectivity index (χ1) is 36.5. The van der Waals surface area contributed by atoms with Gasteiger partial charge in [0.1, 0.15) is 92.1 Å². The van der Waals surface area contributed by atoms with Gasteiger partial charge in [-0.1, -0.05) is 53.2 Å². The van der Waals surface area contributed by atoms with E-state index in [1.807, 2.05) is 6.92 Å². The molecule has 9 rings (SSSR count). The Morgan fingerprint density at radius 2 is 1.28 bits per heavy atom. The van der Waals surface area contributed by atoms with Crippen LogP contribution in [0, 0.1) is 50.2 Å². The third kappa shape index (κ3) is 10.1. The van der Waals surface area contributed by atoms with Crippen LogP contribution in [0.1, 0.15) is 120 Å². The van der Waals surface area contributed by atoms with E-state index in [0.29, 0.717) is 38.5 Å². The fraction of sp³-hybridized carbons (Fsp3) is 0.927. The van der Waals surface area contributed by atoms with Crippen LogP contribution in [0.5, 0.6) is 0 Å². The van der Waals surface area contributed by atoms with Gasteiger partial charge >= 0.3 is 11.9 Å². The van der Waals surface area contributed by atoms with Crippen molar-refractivity contribution >= 4 is 11.9 Å². The quantitative estimate of drug-likeness (QED) is 0.0645. The van der Waals surface area contributed by atoms with Gasteiger partial charge in [-0.15, -0.1) is 0 Å². The fourth-order valence-corrected chi connectivity index (χ4v) is 16.3. The molecule has 446 valence electrons. The van der Waals surface area contributed by atoms with E-state index < -0.39 is 159 Å². The molecule has 8 fully saturated rings. The van der Waals surface area contributed by atoms with E-state index in [9.17, 15) is 66.1 Å². The lowest BCUT2D eigenvalue weighted by Crippen LogP contribution is -2.67. The van der Waals surface area contributed by atoms with Crippen LogP contribution in [-0.4, -0.2) is 222 Å². The molecule has 0 amide bonds. The summed E-state index contributed by atoms with van der Waals surface area (Å²) in [6.07, 6.45) is -21.7. The smallest absolute Gasteiger partial charge is 0.315 e. The van der Waals surface area contributed by atoms with E-state index in [1.54, 1.807) is 0 Å². The average Bonchev–Trinajstić information content (AvgIpc) is 2.37. The topological polar surface area (TPSA) is 360 Å². The maximum atomic E-state index is 15.2. The van der Waals surface area contributed by atoms with Crippen molar-refractivity contribution in [3.63, 3.8) is 0 Å². The van der Waals surface area contributed by atoms with Gasteiger partial charge in [0.05, 0.1) is 37.4 Å². The Morgan fingerprint density at radius 1 is 0.641 bits per heavy atom. The number of carbonyl (C=O) groups excluding carboxylic acids is 2. The SMILES string of the molecule is CC(=O)OC[C@H]1O[C@@H](OC[C@H]2O[C@@H](OC(=O)[C@]34CCC(C)(C)C[C@H]3C3=CC[C@@H]5[C@@]6(C)CC[C@H](O[C@@H]7OC[C@H](O)[C@H](O)[C@H]7O)[C@@](C)(CO)[C@@H]6CC[C@@]5(C)[C@]3(C)CC4)[C@H](O)[C@@H](O)[C@@H]2O)[C@H](O)[C@@H](O)[C@@H]1O[C@@H]1O[C@@H](C)[C@H](O)[C@@H](O)[C@H]1O. The van der Waals surface area contributed by atoms with Crippen LogP contribution in [-0.2, 0) is 52.2 Å². The van der Waals surface area contributed by atoms with Gasteiger partial charge in [-0.25, -0.2) is 0 Å². The number of allylic oxidation sites excluding steroid dienone is 2. The summed E-state index contributed by atoms with van der Waals surface area (Å²) in [5, 5.41) is 130. The predicted octanol–water partition coefficient (Wildman–Crippen LogP) is -0.825. The van der Waals surface area contributed by atoms with Crippen LogP contribution in [0.15, 0.2) is 11.6 Å². The maximum absolute atomic E-state index is 15.2. The zero-order valence-corrected chi connectivity index (χ0v) is 46.1. The molecule has 0 bridgehead atoms. The molecule has 23 nitrogen and oxygen atoms in total. The lowest BCUT2D eigenvalue weighted by molar-refractivity contribution is -0.361. The number of aliphatic hydroxyl groups excluding tert-OH is 12. The summed E-state index contributed by atoms with van der Waals surface area (Å²) >= 11 is 0. The van der Waals surface area contributed by atoms with E-state index in [0.717, 1.165) is 32.6 Å².